The van der Waals surface area contributed by atoms with Crippen LogP contribution in [0.2, 0.25) is 0 Å². The Balaban J connectivity index is 2.91. The van der Waals surface area contributed by atoms with Crippen LogP contribution in [0.4, 0.5) is 0 Å². The zero-order valence-electron chi connectivity index (χ0n) is 5.83. The lowest BCUT2D eigenvalue weighted by Crippen LogP contribution is -2.02. The van der Waals surface area contributed by atoms with Gasteiger partial charge in [0.1, 0.15) is 5.52 Å². The van der Waals surface area contributed by atoms with Crippen molar-refractivity contribution >= 4 is 11.0 Å². The van der Waals surface area contributed by atoms with E-state index in [4.69, 9.17) is 5.11 Å². The maximum absolute atomic E-state index is 7.49. The number of nitrogens with zero attached hydrogens (tertiary/aromatic N) is 1. The molecule has 1 heterocycles. The molecule has 0 spiro atoms. The fourth-order valence-corrected chi connectivity index (χ4v) is 1.04. The second kappa shape index (κ2) is 2.20. The van der Waals surface area contributed by atoms with E-state index in [9.17, 15) is 0 Å². The number of rotatable bonds is 0. The lowest BCUT2D eigenvalue weighted by Gasteiger charge is -1.87. The molecule has 0 fully saturated rings. The number of benzene rings is 1. The Kier molecular flexibility index (Phi) is 1.22. The van der Waals surface area contributed by atoms with Crippen LogP contribution in [0.3, 0.4) is 0 Å². The summed E-state index contributed by atoms with van der Waals surface area (Å²) in [6.07, 6.45) is 3.40. The van der Waals surface area contributed by atoms with Crippen LogP contribution in [-0.4, -0.2) is 10.1 Å². The SMILES string of the molecule is [OH2+]c1cccc2ncc[nH+]c12. The molecule has 0 aliphatic carbocycles. The molecular weight excluding hydrogens is 140 g/mol. The topological polar surface area (TPSA) is 49.9 Å². The van der Waals surface area contributed by atoms with Gasteiger partial charge >= 0.3 is 11.3 Å². The van der Waals surface area contributed by atoms with Gasteiger partial charge in [-0.1, -0.05) is 6.07 Å². The molecule has 0 unspecified atom stereocenters. The maximum Gasteiger partial charge on any atom is 0.329 e. The zero-order valence-corrected chi connectivity index (χ0v) is 5.83. The first kappa shape index (κ1) is 6.09. The minimum absolute atomic E-state index is 0.482. The van der Waals surface area contributed by atoms with Crippen molar-refractivity contribution in [3.63, 3.8) is 0 Å². The molecule has 0 saturated heterocycles. The fraction of sp³-hybridized carbons (Fsp3) is 0. The van der Waals surface area contributed by atoms with Gasteiger partial charge in [-0.2, -0.15) is 0 Å². The molecule has 1 aromatic heterocycles. The highest BCUT2D eigenvalue weighted by molar-refractivity contribution is 5.76. The highest BCUT2D eigenvalue weighted by atomic mass is 16.3. The highest BCUT2D eigenvalue weighted by Crippen LogP contribution is 2.16. The Bertz CT molecular complexity index is 381. The quantitative estimate of drug-likeness (QED) is 0.501. The molecule has 0 bridgehead atoms. The molecule has 0 radical (unpaired) electrons. The van der Waals surface area contributed by atoms with Crippen molar-refractivity contribution in [2.75, 3.05) is 0 Å². The lowest BCUT2D eigenvalue weighted by atomic mass is 10.3. The molecule has 3 nitrogen and oxygen atoms in total. The van der Waals surface area contributed by atoms with Crippen LogP contribution in [0.15, 0.2) is 30.6 Å². The monoisotopic (exact) mass is 148 g/mol. The number of hydrogen-bond acceptors (Lipinski definition) is 1. The van der Waals surface area contributed by atoms with Crippen molar-refractivity contribution < 1.29 is 10.1 Å². The van der Waals surface area contributed by atoms with Gasteiger partial charge in [-0.15, -0.1) is 0 Å². The summed E-state index contributed by atoms with van der Waals surface area (Å²) in [6.45, 7) is 0. The third-order valence-electron chi connectivity index (χ3n) is 1.56. The van der Waals surface area contributed by atoms with E-state index in [2.05, 4.69) is 9.97 Å². The average molecular weight is 148 g/mol. The normalized spacial score (nSPS) is 10.2. The third kappa shape index (κ3) is 0.902. The molecule has 0 aliphatic heterocycles. The smallest absolute Gasteiger partial charge is 0.329 e. The van der Waals surface area contributed by atoms with Gasteiger partial charge < -0.3 is 5.11 Å². The lowest BCUT2D eigenvalue weighted by molar-refractivity contribution is -0.346. The minimum Gasteiger partial charge on any atom is -0.589 e. The third-order valence-corrected chi connectivity index (χ3v) is 1.56. The van der Waals surface area contributed by atoms with Gasteiger partial charge in [-0.3, -0.25) is 0 Å². The Morgan fingerprint density at radius 3 is 3.09 bits per heavy atom. The molecule has 3 N–H and O–H groups in total. The summed E-state index contributed by atoms with van der Waals surface area (Å²) in [5.74, 6) is 0.482. The predicted octanol–water partition coefficient (Wildman–Crippen LogP) is 0.487. The maximum atomic E-state index is 7.49. The molecule has 11 heavy (non-hydrogen) atoms. The van der Waals surface area contributed by atoms with Crippen molar-refractivity contribution in [3.8, 4) is 5.75 Å². The molecule has 0 aliphatic rings. The summed E-state index contributed by atoms with van der Waals surface area (Å²) >= 11 is 0. The van der Waals surface area contributed by atoms with Crippen molar-refractivity contribution in [1.82, 2.24) is 4.98 Å². The number of aromatic amines is 1. The minimum atomic E-state index is 0.482. The largest absolute Gasteiger partial charge is 0.589 e. The number of nitrogens with one attached hydrogen (secondary N) is 1. The van der Waals surface area contributed by atoms with Gasteiger partial charge in [0.15, 0.2) is 6.20 Å². The van der Waals surface area contributed by atoms with E-state index >= 15 is 0 Å². The summed E-state index contributed by atoms with van der Waals surface area (Å²) in [7, 11) is 0. The molecule has 54 valence electrons. The van der Waals surface area contributed by atoms with Gasteiger partial charge in [0, 0.05) is 6.07 Å². The predicted molar refractivity (Wildman–Crippen MR) is 41.4 cm³/mol. The van der Waals surface area contributed by atoms with Gasteiger partial charge in [0.05, 0.1) is 6.20 Å². The second-order valence-electron chi connectivity index (χ2n) is 2.29. The zero-order chi connectivity index (χ0) is 7.68. The van der Waals surface area contributed by atoms with E-state index in [1.54, 1.807) is 18.5 Å². The van der Waals surface area contributed by atoms with Crippen LogP contribution in [-0.2, 0) is 0 Å². The Labute approximate surface area is 63.3 Å². The Morgan fingerprint density at radius 2 is 2.27 bits per heavy atom. The molecule has 0 saturated carbocycles. The van der Waals surface area contributed by atoms with Crippen molar-refractivity contribution in [1.29, 1.82) is 0 Å². The number of para-hydroxylation sites is 1. The molecule has 1 aromatic carbocycles. The van der Waals surface area contributed by atoms with Gasteiger partial charge in [0.2, 0.25) is 0 Å². The van der Waals surface area contributed by atoms with Crippen LogP contribution in [0.5, 0.6) is 5.75 Å². The first-order chi connectivity index (χ1) is 5.38. The molecule has 2 rings (SSSR count). The van der Waals surface area contributed by atoms with Crippen LogP contribution >= 0.6 is 0 Å². The van der Waals surface area contributed by atoms with Crippen molar-refractivity contribution in [2.24, 2.45) is 0 Å². The first-order valence-corrected chi connectivity index (χ1v) is 3.35. The van der Waals surface area contributed by atoms with E-state index in [0.717, 1.165) is 11.0 Å². The average Bonchev–Trinajstić information content (AvgIpc) is 2.06. The van der Waals surface area contributed by atoms with E-state index in [1.165, 1.54) is 0 Å². The van der Waals surface area contributed by atoms with Gasteiger partial charge in [-0.05, 0) is 6.07 Å². The molecule has 2 aromatic rings. The van der Waals surface area contributed by atoms with Crippen LogP contribution in [0.25, 0.3) is 11.0 Å². The van der Waals surface area contributed by atoms with E-state index in [1.807, 2.05) is 12.1 Å². The first-order valence-electron chi connectivity index (χ1n) is 3.35. The number of H-pyrrole nitrogens is 1. The van der Waals surface area contributed by atoms with Crippen LogP contribution in [0, 0.1) is 0 Å². The van der Waals surface area contributed by atoms with Crippen LogP contribution in [0.1, 0.15) is 0 Å². The van der Waals surface area contributed by atoms with Crippen LogP contribution < -0.4 is 4.98 Å². The fourth-order valence-electron chi connectivity index (χ4n) is 1.04. The number of aromatic nitrogens is 2. The van der Waals surface area contributed by atoms with Crippen molar-refractivity contribution in [3.05, 3.63) is 30.6 Å². The van der Waals surface area contributed by atoms with E-state index in [-0.39, 0.29) is 0 Å². The summed E-state index contributed by atoms with van der Waals surface area (Å²) in [5.41, 5.74) is 1.62. The molecule has 0 atom stereocenters. The van der Waals surface area contributed by atoms with Gasteiger partial charge in [0.25, 0.3) is 0 Å². The second-order valence-corrected chi connectivity index (χ2v) is 2.29. The summed E-state index contributed by atoms with van der Waals surface area (Å²) < 4.78 is 0. The summed E-state index contributed by atoms with van der Waals surface area (Å²) in [6, 6.07) is 5.44. The van der Waals surface area contributed by atoms with Crippen molar-refractivity contribution in [2.45, 2.75) is 0 Å². The van der Waals surface area contributed by atoms with Gasteiger partial charge in [-0.25, -0.2) is 9.97 Å². The van der Waals surface area contributed by atoms with E-state index < -0.39 is 0 Å². The number of hydrogen-bond donors (Lipinski definition) is 0. The molecule has 3 heteroatoms. The molecule has 0 amide bonds. The summed E-state index contributed by atoms with van der Waals surface area (Å²) in [5, 5.41) is 7.49. The molecular formula is C8H8N2O+2. The Morgan fingerprint density at radius 1 is 1.36 bits per heavy atom. The standard InChI is InChI=1S/C8H6N2O/c11-7-3-1-2-6-8(7)10-5-4-9-6/h1-5,11H/p+2. The summed E-state index contributed by atoms with van der Waals surface area (Å²) in [4.78, 5) is 7.06. The Hall–Kier alpha value is -1.64. The number of fused-ring (bicyclic) bond motifs is 1. The van der Waals surface area contributed by atoms with E-state index in [0.29, 0.717) is 5.75 Å². The highest BCUT2D eigenvalue weighted by Gasteiger charge is 2.08.